The number of furan rings is 1. The molecule has 4 nitrogen and oxygen atoms in total. The normalized spacial score (nSPS) is 22.2. The largest absolute Gasteiger partial charge is 0.450 e. The minimum atomic E-state index is -0.00782. The van der Waals surface area contributed by atoms with Gasteiger partial charge in [0, 0.05) is 23.5 Å². The van der Waals surface area contributed by atoms with Gasteiger partial charge in [0.15, 0.2) is 5.76 Å². The van der Waals surface area contributed by atoms with Crippen molar-refractivity contribution in [1.82, 2.24) is 4.90 Å². The quantitative estimate of drug-likeness (QED) is 0.923. The first-order valence-corrected chi connectivity index (χ1v) is 7.52. The van der Waals surface area contributed by atoms with Gasteiger partial charge in [-0.05, 0) is 45.2 Å². The van der Waals surface area contributed by atoms with Crippen molar-refractivity contribution < 1.29 is 9.21 Å². The Hall–Kier alpha value is -1.81. The number of para-hydroxylation sites is 1. The van der Waals surface area contributed by atoms with Gasteiger partial charge in [-0.2, -0.15) is 0 Å². The van der Waals surface area contributed by atoms with Crippen molar-refractivity contribution in [3.8, 4) is 0 Å². The first-order chi connectivity index (χ1) is 10.0. The summed E-state index contributed by atoms with van der Waals surface area (Å²) in [6.07, 6.45) is 0.973. The minimum absolute atomic E-state index is 0.00782. The zero-order valence-corrected chi connectivity index (χ0v) is 12.8. The summed E-state index contributed by atoms with van der Waals surface area (Å²) in [5, 5.41) is 1.03. The molecule has 0 bridgehead atoms. The average Bonchev–Trinajstić information content (AvgIpc) is 3.01. The van der Waals surface area contributed by atoms with Crippen LogP contribution in [0, 0.1) is 19.8 Å². The molecular formula is C17H22N2O2. The summed E-state index contributed by atoms with van der Waals surface area (Å²) in [6, 6.07) is 6.23. The molecule has 1 amide bonds. The highest BCUT2D eigenvalue weighted by Gasteiger charge is 2.34. The van der Waals surface area contributed by atoms with E-state index in [1.54, 1.807) is 0 Å². The number of carbonyl (C=O) groups excluding carboxylic acids is 1. The van der Waals surface area contributed by atoms with Crippen LogP contribution in [0.2, 0.25) is 0 Å². The summed E-state index contributed by atoms with van der Waals surface area (Å²) in [5.41, 5.74) is 8.56. The fourth-order valence-corrected chi connectivity index (χ4v) is 3.31. The molecule has 1 aliphatic heterocycles. The Bertz CT molecular complexity index is 689. The molecule has 0 aliphatic carbocycles. The summed E-state index contributed by atoms with van der Waals surface area (Å²) < 4.78 is 5.90. The van der Waals surface area contributed by atoms with E-state index in [0.29, 0.717) is 18.2 Å². The van der Waals surface area contributed by atoms with Gasteiger partial charge in [0.05, 0.1) is 0 Å². The molecule has 2 N–H and O–H groups in total. The van der Waals surface area contributed by atoms with E-state index < -0.39 is 0 Å². The minimum Gasteiger partial charge on any atom is -0.450 e. The lowest BCUT2D eigenvalue weighted by molar-refractivity contribution is 0.0712. The Morgan fingerprint density at radius 3 is 2.81 bits per heavy atom. The van der Waals surface area contributed by atoms with Crippen LogP contribution in [-0.2, 0) is 0 Å². The number of aryl methyl sites for hydroxylation is 2. The van der Waals surface area contributed by atoms with Crippen molar-refractivity contribution in [2.24, 2.45) is 11.7 Å². The van der Waals surface area contributed by atoms with Crippen LogP contribution < -0.4 is 5.73 Å². The Labute approximate surface area is 124 Å². The van der Waals surface area contributed by atoms with E-state index in [4.69, 9.17) is 10.2 Å². The highest BCUT2D eigenvalue weighted by Crippen LogP contribution is 2.31. The molecule has 21 heavy (non-hydrogen) atoms. The molecule has 1 fully saturated rings. The second kappa shape index (κ2) is 5.19. The molecule has 0 radical (unpaired) electrons. The molecule has 2 atom stereocenters. The van der Waals surface area contributed by atoms with Crippen LogP contribution in [0.5, 0.6) is 0 Å². The zero-order valence-electron chi connectivity index (χ0n) is 12.8. The van der Waals surface area contributed by atoms with E-state index in [1.165, 1.54) is 0 Å². The zero-order chi connectivity index (χ0) is 15.1. The molecule has 0 spiro atoms. The lowest BCUT2D eigenvalue weighted by Crippen LogP contribution is -2.34. The number of nitrogens with zero attached hydrogens (tertiary/aromatic N) is 1. The van der Waals surface area contributed by atoms with Crippen LogP contribution in [0.25, 0.3) is 11.0 Å². The number of nitrogens with two attached hydrogens (primary N) is 1. The van der Waals surface area contributed by atoms with Gasteiger partial charge in [0.25, 0.3) is 5.91 Å². The monoisotopic (exact) mass is 286 g/mol. The van der Waals surface area contributed by atoms with Crippen LogP contribution in [0.1, 0.15) is 35.0 Å². The number of amides is 1. The maximum Gasteiger partial charge on any atom is 0.290 e. The number of benzene rings is 1. The fraction of sp³-hybridized carbons (Fsp3) is 0.471. The molecule has 112 valence electrons. The lowest BCUT2D eigenvalue weighted by Gasteiger charge is -2.20. The molecular weight excluding hydrogens is 264 g/mol. The maximum absolute atomic E-state index is 12.8. The predicted molar refractivity (Wildman–Crippen MR) is 83.3 cm³/mol. The van der Waals surface area contributed by atoms with Crippen molar-refractivity contribution in [2.75, 3.05) is 13.1 Å². The van der Waals surface area contributed by atoms with Crippen molar-refractivity contribution in [1.29, 1.82) is 0 Å². The van der Waals surface area contributed by atoms with Crippen molar-refractivity contribution >= 4 is 16.9 Å². The molecule has 2 aromatic rings. The molecule has 3 rings (SSSR count). The Kier molecular flexibility index (Phi) is 3.49. The van der Waals surface area contributed by atoms with Gasteiger partial charge in [-0.3, -0.25) is 4.79 Å². The number of hydrogen-bond donors (Lipinski definition) is 1. The summed E-state index contributed by atoms with van der Waals surface area (Å²) >= 11 is 0. The van der Waals surface area contributed by atoms with E-state index in [2.05, 4.69) is 6.92 Å². The number of fused-ring (bicyclic) bond motifs is 1. The molecule has 1 aromatic carbocycles. The smallest absolute Gasteiger partial charge is 0.290 e. The SMILES string of the molecule is Cc1c(C(=O)N2CC(CN)CC2C)oc2c(C)cccc12. The van der Waals surface area contributed by atoms with E-state index >= 15 is 0 Å². The third kappa shape index (κ3) is 2.23. The summed E-state index contributed by atoms with van der Waals surface area (Å²) in [7, 11) is 0. The van der Waals surface area contributed by atoms with Crippen LogP contribution in [0.4, 0.5) is 0 Å². The third-order valence-electron chi connectivity index (χ3n) is 4.61. The third-order valence-corrected chi connectivity index (χ3v) is 4.61. The van der Waals surface area contributed by atoms with Crippen LogP contribution in [0.15, 0.2) is 22.6 Å². The van der Waals surface area contributed by atoms with Gasteiger partial charge in [-0.1, -0.05) is 18.2 Å². The number of hydrogen-bond acceptors (Lipinski definition) is 3. The molecule has 2 unspecified atom stereocenters. The molecule has 2 heterocycles. The van der Waals surface area contributed by atoms with Gasteiger partial charge in [-0.15, -0.1) is 0 Å². The molecule has 4 heteroatoms. The first kappa shape index (κ1) is 14.1. The van der Waals surface area contributed by atoms with Crippen LogP contribution in [-0.4, -0.2) is 29.9 Å². The average molecular weight is 286 g/mol. The van der Waals surface area contributed by atoms with Gasteiger partial charge in [0.1, 0.15) is 5.58 Å². The van der Waals surface area contributed by atoms with E-state index in [9.17, 15) is 4.79 Å². The second-order valence-corrected chi connectivity index (χ2v) is 6.15. The number of carbonyl (C=O) groups is 1. The second-order valence-electron chi connectivity index (χ2n) is 6.15. The van der Waals surface area contributed by atoms with Gasteiger partial charge >= 0.3 is 0 Å². The van der Waals surface area contributed by atoms with Crippen LogP contribution >= 0.6 is 0 Å². The predicted octanol–water partition coefficient (Wildman–Crippen LogP) is 2.86. The van der Waals surface area contributed by atoms with Crippen molar-refractivity contribution in [3.63, 3.8) is 0 Å². The highest BCUT2D eigenvalue weighted by atomic mass is 16.3. The molecule has 1 saturated heterocycles. The first-order valence-electron chi connectivity index (χ1n) is 7.52. The Morgan fingerprint density at radius 2 is 2.19 bits per heavy atom. The van der Waals surface area contributed by atoms with Gasteiger partial charge in [-0.25, -0.2) is 0 Å². The van der Waals surface area contributed by atoms with Crippen molar-refractivity contribution in [2.45, 2.75) is 33.2 Å². The van der Waals surface area contributed by atoms with Crippen LogP contribution in [0.3, 0.4) is 0 Å². The maximum atomic E-state index is 12.8. The topological polar surface area (TPSA) is 59.5 Å². The highest BCUT2D eigenvalue weighted by molar-refractivity contribution is 5.99. The fourth-order valence-electron chi connectivity index (χ4n) is 3.31. The molecule has 1 aliphatic rings. The Balaban J connectivity index is 1.99. The summed E-state index contributed by atoms with van der Waals surface area (Å²) in [5.74, 6) is 0.866. The van der Waals surface area contributed by atoms with E-state index in [0.717, 1.165) is 35.1 Å². The molecule has 1 aromatic heterocycles. The Morgan fingerprint density at radius 1 is 1.43 bits per heavy atom. The van der Waals surface area contributed by atoms with Crippen molar-refractivity contribution in [3.05, 3.63) is 35.1 Å². The number of rotatable bonds is 2. The molecule has 0 saturated carbocycles. The summed E-state index contributed by atoms with van der Waals surface area (Å²) in [4.78, 5) is 14.7. The number of likely N-dealkylation sites (tertiary alicyclic amines) is 1. The van der Waals surface area contributed by atoms with E-state index in [-0.39, 0.29) is 11.9 Å². The standard InChI is InChI=1S/C17H22N2O2/c1-10-5-4-6-14-12(3)16(21-15(10)14)17(20)19-9-13(8-18)7-11(19)2/h4-6,11,13H,7-9,18H2,1-3H3. The summed E-state index contributed by atoms with van der Waals surface area (Å²) in [6.45, 7) is 7.40. The van der Waals surface area contributed by atoms with Gasteiger partial charge < -0.3 is 15.1 Å². The van der Waals surface area contributed by atoms with E-state index in [1.807, 2.05) is 36.9 Å². The lowest BCUT2D eigenvalue weighted by atomic mass is 10.1. The van der Waals surface area contributed by atoms with Gasteiger partial charge in [0.2, 0.25) is 0 Å².